The third-order valence-electron chi connectivity index (χ3n) is 3.53. The Kier molecular flexibility index (Phi) is 6.01. The Morgan fingerprint density at radius 1 is 1.15 bits per heavy atom. The third-order valence-corrected chi connectivity index (χ3v) is 5.65. The lowest BCUT2D eigenvalue weighted by atomic mass is 10.2. The summed E-state index contributed by atoms with van der Waals surface area (Å²) in [7, 11) is -3.36. The van der Waals surface area contributed by atoms with Gasteiger partial charge in [-0.05, 0) is 56.6 Å². The highest BCUT2D eigenvalue weighted by Crippen LogP contribution is 2.12. The van der Waals surface area contributed by atoms with Crippen molar-refractivity contribution in [1.82, 2.24) is 9.62 Å². The Labute approximate surface area is 129 Å². The molecule has 4 nitrogen and oxygen atoms in total. The maximum atomic E-state index is 12.1. The molecule has 2 rings (SSSR count). The molecule has 112 valence electrons. The minimum Gasteiger partial charge on any atom is -0.303 e. The molecule has 1 aliphatic heterocycles. The Balaban J connectivity index is 1.80. The summed E-state index contributed by atoms with van der Waals surface area (Å²) in [5, 5.41) is 0.733. The summed E-state index contributed by atoms with van der Waals surface area (Å²) in [5.41, 5.74) is 1.07. The predicted octanol–water partition coefficient (Wildman–Crippen LogP) is 2.35. The van der Waals surface area contributed by atoms with Gasteiger partial charge in [0.2, 0.25) is 10.0 Å². The fraction of sp³-hybridized carbons (Fsp3) is 0.571. The minimum atomic E-state index is -3.36. The first-order valence-electron chi connectivity index (χ1n) is 6.99. The normalized spacial score (nSPS) is 16.6. The Morgan fingerprint density at radius 3 is 2.40 bits per heavy atom. The summed E-state index contributed by atoms with van der Waals surface area (Å²) < 4.78 is 26.9. The second-order valence-corrected chi connectivity index (χ2v) is 7.41. The molecule has 1 saturated heterocycles. The van der Waals surface area contributed by atoms with E-state index in [1.807, 2.05) is 12.1 Å². The van der Waals surface area contributed by atoms with E-state index in [1.54, 1.807) is 12.1 Å². The molecule has 0 atom stereocenters. The molecule has 0 radical (unpaired) electrons. The number of benzene rings is 1. The molecular formula is C14H21BrN2O2S. The molecular weight excluding hydrogens is 340 g/mol. The average Bonchev–Trinajstić information content (AvgIpc) is 2.97. The summed E-state index contributed by atoms with van der Waals surface area (Å²) in [6, 6.07) is 6.96. The zero-order valence-corrected chi connectivity index (χ0v) is 13.9. The van der Waals surface area contributed by atoms with E-state index < -0.39 is 10.0 Å². The van der Waals surface area contributed by atoms with E-state index in [9.17, 15) is 8.42 Å². The molecule has 0 aliphatic carbocycles. The van der Waals surface area contributed by atoms with Gasteiger partial charge < -0.3 is 4.90 Å². The average molecular weight is 361 g/mol. The molecule has 20 heavy (non-hydrogen) atoms. The molecule has 1 aromatic rings. The molecule has 0 spiro atoms. The van der Waals surface area contributed by atoms with Crippen molar-refractivity contribution in [2.45, 2.75) is 29.5 Å². The summed E-state index contributed by atoms with van der Waals surface area (Å²) in [6.45, 7) is 3.78. The molecule has 1 aromatic carbocycles. The van der Waals surface area contributed by atoms with E-state index in [0.29, 0.717) is 11.4 Å². The number of hydrogen-bond acceptors (Lipinski definition) is 3. The van der Waals surface area contributed by atoms with Crippen molar-refractivity contribution in [3.8, 4) is 0 Å². The van der Waals surface area contributed by atoms with Gasteiger partial charge in [-0.2, -0.15) is 0 Å². The lowest BCUT2D eigenvalue weighted by molar-refractivity contribution is 0.334. The van der Waals surface area contributed by atoms with Gasteiger partial charge in [0.05, 0.1) is 4.90 Å². The van der Waals surface area contributed by atoms with Crippen molar-refractivity contribution < 1.29 is 8.42 Å². The summed E-state index contributed by atoms with van der Waals surface area (Å²) in [6.07, 6.45) is 3.40. The van der Waals surface area contributed by atoms with Gasteiger partial charge in [-0.3, -0.25) is 0 Å². The fourth-order valence-electron chi connectivity index (χ4n) is 2.36. The number of nitrogens with zero attached hydrogens (tertiary/aromatic N) is 1. The first-order valence-corrected chi connectivity index (χ1v) is 9.59. The van der Waals surface area contributed by atoms with Gasteiger partial charge in [-0.1, -0.05) is 28.1 Å². The molecule has 0 saturated carbocycles. The predicted molar refractivity (Wildman–Crippen MR) is 84.6 cm³/mol. The summed E-state index contributed by atoms with van der Waals surface area (Å²) in [5.74, 6) is 0. The zero-order valence-electron chi connectivity index (χ0n) is 11.5. The van der Waals surface area contributed by atoms with Crippen LogP contribution >= 0.6 is 15.9 Å². The number of hydrogen-bond donors (Lipinski definition) is 1. The minimum absolute atomic E-state index is 0.336. The van der Waals surface area contributed by atoms with Crippen LogP contribution < -0.4 is 4.72 Å². The van der Waals surface area contributed by atoms with Crippen LogP contribution in [0.2, 0.25) is 0 Å². The number of sulfonamides is 1. The molecule has 0 bridgehead atoms. The highest BCUT2D eigenvalue weighted by molar-refractivity contribution is 9.08. The van der Waals surface area contributed by atoms with Crippen LogP contribution in [0.3, 0.4) is 0 Å². The maximum absolute atomic E-state index is 12.1. The summed E-state index contributed by atoms with van der Waals surface area (Å²) in [4.78, 5) is 2.72. The van der Waals surface area contributed by atoms with Crippen LogP contribution in [0.15, 0.2) is 29.2 Å². The fourth-order valence-corrected chi connectivity index (χ4v) is 3.80. The standard InChI is InChI=1S/C14H21BrN2O2S/c15-12-13-4-6-14(7-5-13)20(18,19)16-8-3-11-17-9-1-2-10-17/h4-7,16H,1-3,8-12H2. The molecule has 0 unspecified atom stereocenters. The first kappa shape index (κ1) is 15.9. The van der Waals surface area contributed by atoms with Gasteiger partial charge in [0.15, 0.2) is 0 Å². The van der Waals surface area contributed by atoms with Gasteiger partial charge >= 0.3 is 0 Å². The highest BCUT2D eigenvalue weighted by Gasteiger charge is 2.14. The number of rotatable bonds is 7. The molecule has 0 amide bonds. The Morgan fingerprint density at radius 2 is 1.80 bits per heavy atom. The van der Waals surface area contributed by atoms with Gasteiger partial charge in [0, 0.05) is 11.9 Å². The first-order chi connectivity index (χ1) is 9.62. The molecule has 1 aliphatic rings. The molecule has 1 N–H and O–H groups in total. The van der Waals surface area contributed by atoms with Crippen LogP contribution in [-0.2, 0) is 15.4 Å². The maximum Gasteiger partial charge on any atom is 0.240 e. The number of halogens is 1. The topological polar surface area (TPSA) is 49.4 Å². The van der Waals surface area contributed by atoms with Crippen molar-refractivity contribution in [2.24, 2.45) is 0 Å². The van der Waals surface area contributed by atoms with Crippen LogP contribution in [0.25, 0.3) is 0 Å². The van der Waals surface area contributed by atoms with E-state index in [-0.39, 0.29) is 0 Å². The number of nitrogens with one attached hydrogen (secondary N) is 1. The van der Waals surface area contributed by atoms with Gasteiger partial charge in [0.25, 0.3) is 0 Å². The van der Waals surface area contributed by atoms with E-state index in [1.165, 1.54) is 12.8 Å². The monoisotopic (exact) mass is 360 g/mol. The van der Waals surface area contributed by atoms with Crippen molar-refractivity contribution in [2.75, 3.05) is 26.2 Å². The molecule has 1 fully saturated rings. The largest absolute Gasteiger partial charge is 0.303 e. The van der Waals surface area contributed by atoms with Gasteiger partial charge in [-0.15, -0.1) is 0 Å². The molecule has 0 aromatic heterocycles. The Bertz CT molecular complexity index is 510. The van der Waals surface area contributed by atoms with Crippen molar-refractivity contribution in [3.05, 3.63) is 29.8 Å². The van der Waals surface area contributed by atoms with Crippen molar-refractivity contribution >= 4 is 26.0 Å². The molecule has 6 heteroatoms. The quantitative estimate of drug-likeness (QED) is 0.599. The van der Waals surface area contributed by atoms with E-state index in [4.69, 9.17) is 0 Å². The highest BCUT2D eigenvalue weighted by atomic mass is 79.9. The van der Waals surface area contributed by atoms with E-state index in [0.717, 1.165) is 36.9 Å². The van der Waals surface area contributed by atoms with Crippen molar-refractivity contribution in [1.29, 1.82) is 0 Å². The smallest absolute Gasteiger partial charge is 0.240 e. The second-order valence-electron chi connectivity index (χ2n) is 5.08. The van der Waals surface area contributed by atoms with Crippen LogP contribution in [0, 0.1) is 0 Å². The zero-order chi connectivity index (χ0) is 14.4. The van der Waals surface area contributed by atoms with E-state index in [2.05, 4.69) is 25.6 Å². The SMILES string of the molecule is O=S(=O)(NCCCN1CCCC1)c1ccc(CBr)cc1. The lowest BCUT2D eigenvalue weighted by Crippen LogP contribution is -2.28. The summed E-state index contributed by atoms with van der Waals surface area (Å²) >= 11 is 3.35. The van der Waals surface area contributed by atoms with Crippen LogP contribution in [-0.4, -0.2) is 39.5 Å². The lowest BCUT2D eigenvalue weighted by Gasteiger charge is -2.14. The van der Waals surface area contributed by atoms with Gasteiger partial charge in [0.1, 0.15) is 0 Å². The second kappa shape index (κ2) is 7.54. The number of likely N-dealkylation sites (tertiary alicyclic amines) is 1. The van der Waals surface area contributed by atoms with Crippen LogP contribution in [0.4, 0.5) is 0 Å². The van der Waals surface area contributed by atoms with Crippen LogP contribution in [0.5, 0.6) is 0 Å². The van der Waals surface area contributed by atoms with Crippen molar-refractivity contribution in [3.63, 3.8) is 0 Å². The molecule has 1 heterocycles. The third kappa shape index (κ3) is 4.55. The number of alkyl halides is 1. The Hall–Kier alpha value is -0.430. The van der Waals surface area contributed by atoms with Crippen LogP contribution in [0.1, 0.15) is 24.8 Å². The van der Waals surface area contributed by atoms with Gasteiger partial charge in [-0.25, -0.2) is 13.1 Å². The van der Waals surface area contributed by atoms with E-state index >= 15 is 0 Å².